The SMILES string of the molecule is CC(CO)N(C)C(=O)c1c[nH]c(=O)[nH]c1=O. The first-order valence-corrected chi connectivity index (χ1v) is 4.67. The Balaban J connectivity index is 3.06. The monoisotopic (exact) mass is 227 g/mol. The molecule has 0 aliphatic heterocycles. The number of carbonyl (C=O) groups is 1. The Labute approximate surface area is 90.7 Å². The van der Waals surface area contributed by atoms with E-state index in [9.17, 15) is 14.4 Å². The van der Waals surface area contributed by atoms with Crippen molar-refractivity contribution in [3.63, 3.8) is 0 Å². The van der Waals surface area contributed by atoms with Crippen molar-refractivity contribution < 1.29 is 9.90 Å². The number of aromatic amines is 2. The average Bonchev–Trinajstić information content (AvgIpc) is 2.26. The van der Waals surface area contributed by atoms with E-state index in [0.29, 0.717) is 0 Å². The van der Waals surface area contributed by atoms with Crippen LogP contribution in [0.1, 0.15) is 17.3 Å². The van der Waals surface area contributed by atoms with E-state index in [4.69, 9.17) is 5.11 Å². The van der Waals surface area contributed by atoms with Gasteiger partial charge in [-0.05, 0) is 6.92 Å². The Bertz CT molecular complexity index is 490. The van der Waals surface area contributed by atoms with Crippen molar-refractivity contribution in [3.05, 3.63) is 32.6 Å². The van der Waals surface area contributed by atoms with Gasteiger partial charge >= 0.3 is 5.69 Å². The molecule has 0 saturated heterocycles. The van der Waals surface area contributed by atoms with Gasteiger partial charge in [-0.1, -0.05) is 0 Å². The first-order chi connectivity index (χ1) is 7.47. The Hall–Kier alpha value is -1.89. The Morgan fingerprint density at radius 3 is 2.69 bits per heavy atom. The minimum absolute atomic E-state index is 0.164. The second kappa shape index (κ2) is 4.75. The van der Waals surface area contributed by atoms with Gasteiger partial charge in [-0.2, -0.15) is 0 Å². The number of aliphatic hydroxyl groups is 1. The lowest BCUT2D eigenvalue weighted by atomic mass is 10.2. The maximum atomic E-state index is 11.7. The highest BCUT2D eigenvalue weighted by Crippen LogP contribution is 2.00. The molecule has 7 heteroatoms. The Kier molecular flexibility index (Phi) is 3.62. The van der Waals surface area contributed by atoms with Crippen LogP contribution in [-0.4, -0.2) is 45.6 Å². The van der Waals surface area contributed by atoms with Gasteiger partial charge in [0.2, 0.25) is 0 Å². The fourth-order valence-corrected chi connectivity index (χ4v) is 1.08. The summed E-state index contributed by atoms with van der Waals surface area (Å²) in [6, 6.07) is -0.404. The predicted molar refractivity (Wildman–Crippen MR) is 56.3 cm³/mol. The van der Waals surface area contributed by atoms with Gasteiger partial charge in [0.15, 0.2) is 0 Å². The van der Waals surface area contributed by atoms with E-state index < -0.39 is 23.2 Å². The van der Waals surface area contributed by atoms with E-state index in [1.165, 1.54) is 11.9 Å². The number of aliphatic hydroxyl groups excluding tert-OH is 1. The number of hydrogen-bond donors (Lipinski definition) is 3. The molecule has 1 unspecified atom stereocenters. The number of nitrogens with zero attached hydrogens (tertiary/aromatic N) is 1. The van der Waals surface area contributed by atoms with Crippen LogP contribution in [0.15, 0.2) is 15.8 Å². The van der Waals surface area contributed by atoms with Crippen LogP contribution in [0, 0.1) is 0 Å². The van der Waals surface area contributed by atoms with Crippen LogP contribution in [0.5, 0.6) is 0 Å². The van der Waals surface area contributed by atoms with Crippen molar-refractivity contribution in [1.29, 1.82) is 0 Å². The number of hydrogen-bond acceptors (Lipinski definition) is 4. The van der Waals surface area contributed by atoms with Crippen molar-refractivity contribution in [2.75, 3.05) is 13.7 Å². The topological polar surface area (TPSA) is 106 Å². The summed E-state index contributed by atoms with van der Waals surface area (Å²) < 4.78 is 0. The van der Waals surface area contributed by atoms with E-state index in [-0.39, 0.29) is 12.2 Å². The zero-order valence-corrected chi connectivity index (χ0v) is 8.98. The van der Waals surface area contributed by atoms with Crippen LogP contribution < -0.4 is 11.2 Å². The molecule has 0 radical (unpaired) electrons. The van der Waals surface area contributed by atoms with Gasteiger partial charge in [0.25, 0.3) is 11.5 Å². The molecule has 0 saturated carbocycles. The summed E-state index contributed by atoms with van der Waals surface area (Å²) in [7, 11) is 1.47. The van der Waals surface area contributed by atoms with Crippen molar-refractivity contribution in [3.8, 4) is 0 Å². The highest BCUT2D eigenvalue weighted by atomic mass is 16.3. The molecule has 0 spiro atoms. The fourth-order valence-electron chi connectivity index (χ4n) is 1.08. The van der Waals surface area contributed by atoms with Crippen molar-refractivity contribution in [2.45, 2.75) is 13.0 Å². The number of carbonyl (C=O) groups excluding carboxylic acids is 1. The fraction of sp³-hybridized carbons (Fsp3) is 0.444. The second-order valence-corrected chi connectivity index (χ2v) is 3.43. The maximum absolute atomic E-state index is 11.7. The summed E-state index contributed by atoms with van der Waals surface area (Å²) in [5, 5.41) is 8.88. The lowest BCUT2D eigenvalue weighted by Crippen LogP contribution is -2.40. The third-order valence-corrected chi connectivity index (χ3v) is 2.30. The van der Waals surface area contributed by atoms with Gasteiger partial charge < -0.3 is 15.0 Å². The number of H-pyrrole nitrogens is 2. The van der Waals surface area contributed by atoms with Crippen LogP contribution in [-0.2, 0) is 0 Å². The number of amides is 1. The van der Waals surface area contributed by atoms with Gasteiger partial charge in [-0.25, -0.2) is 4.79 Å². The van der Waals surface area contributed by atoms with Crippen molar-refractivity contribution in [2.24, 2.45) is 0 Å². The molecule has 7 nitrogen and oxygen atoms in total. The molecular formula is C9H13N3O4. The molecule has 0 aliphatic rings. The predicted octanol–water partition coefficient (Wildman–Crippen LogP) is -1.48. The van der Waals surface area contributed by atoms with Gasteiger partial charge in [-0.3, -0.25) is 14.6 Å². The molecule has 1 aromatic heterocycles. The van der Waals surface area contributed by atoms with E-state index >= 15 is 0 Å². The zero-order valence-electron chi connectivity index (χ0n) is 8.98. The second-order valence-electron chi connectivity index (χ2n) is 3.43. The molecule has 0 bridgehead atoms. The van der Waals surface area contributed by atoms with Gasteiger partial charge in [-0.15, -0.1) is 0 Å². The van der Waals surface area contributed by atoms with Crippen LogP contribution >= 0.6 is 0 Å². The van der Waals surface area contributed by atoms with E-state index in [1.54, 1.807) is 6.92 Å². The number of aromatic nitrogens is 2. The molecule has 1 rings (SSSR count). The first kappa shape index (κ1) is 12.2. The summed E-state index contributed by atoms with van der Waals surface area (Å²) in [6.07, 6.45) is 1.06. The summed E-state index contributed by atoms with van der Waals surface area (Å²) in [5.41, 5.74) is -1.58. The lowest BCUT2D eigenvalue weighted by molar-refractivity contribution is 0.0680. The third kappa shape index (κ3) is 2.37. The molecule has 1 atom stereocenters. The Morgan fingerprint density at radius 1 is 1.56 bits per heavy atom. The highest BCUT2D eigenvalue weighted by molar-refractivity contribution is 5.93. The molecular weight excluding hydrogens is 214 g/mol. The number of nitrogens with one attached hydrogen (secondary N) is 2. The summed E-state index contributed by atoms with van der Waals surface area (Å²) in [6.45, 7) is 1.43. The van der Waals surface area contributed by atoms with Crippen molar-refractivity contribution in [1.82, 2.24) is 14.9 Å². The minimum atomic E-state index is -0.745. The van der Waals surface area contributed by atoms with E-state index in [1.807, 2.05) is 4.98 Å². The average molecular weight is 227 g/mol. The minimum Gasteiger partial charge on any atom is -0.394 e. The summed E-state index contributed by atoms with van der Waals surface area (Å²) in [5.74, 6) is -0.556. The molecule has 1 heterocycles. The van der Waals surface area contributed by atoms with Gasteiger partial charge in [0.1, 0.15) is 5.56 Å². The maximum Gasteiger partial charge on any atom is 0.325 e. The Morgan fingerprint density at radius 2 is 2.19 bits per heavy atom. The molecule has 3 N–H and O–H groups in total. The molecule has 1 amide bonds. The molecule has 16 heavy (non-hydrogen) atoms. The summed E-state index contributed by atoms with van der Waals surface area (Å²) >= 11 is 0. The van der Waals surface area contributed by atoms with Crippen LogP contribution in [0.4, 0.5) is 0 Å². The molecule has 1 aromatic rings. The molecule has 0 aromatic carbocycles. The molecule has 0 fully saturated rings. The standard InChI is InChI=1S/C9H13N3O4/c1-5(4-13)12(2)8(15)6-3-10-9(16)11-7(6)14/h3,5,13H,4H2,1-2H3,(H2,10,11,14,16). The van der Waals surface area contributed by atoms with Gasteiger partial charge in [0.05, 0.1) is 12.6 Å². The zero-order chi connectivity index (χ0) is 12.3. The van der Waals surface area contributed by atoms with Crippen LogP contribution in [0.2, 0.25) is 0 Å². The van der Waals surface area contributed by atoms with Crippen molar-refractivity contribution >= 4 is 5.91 Å². The molecule has 88 valence electrons. The van der Waals surface area contributed by atoms with Gasteiger partial charge in [0, 0.05) is 13.2 Å². The normalized spacial score (nSPS) is 12.2. The highest BCUT2D eigenvalue weighted by Gasteiger charge is 2.19. The number of rotatable bonds is 3. The first-order valence-electron chi connectivity index (χ1n) is 4.67. The summed E-state index contributed by atoms with van der Waals surface area (Å²) in [4.78, 5) is 39.2. The molecule has 0 aliphatic carbocycles. The van der Waals surface area contributed by atoms with E-state index in [0.717, 1.165) is 6.20 Å². The van der Waals surface area contributed by atoms with E-state index in [2.05, 4.69) is 4.98 Å². The third-order valence-electron chi connectivity index (χ3n) is 2.30. The quantitative estimate of drug-likeness (QED) is 0.585. The largest absolute Gasteiger partial charge is 0.394 e. The van der Waals surface area contributed by atoms with Crippen LogP contribution in [0.3, 0.4) is 0 Å². The lowest BCUT2D eigenvalue weighted by Gasteiger charge is -2.22. The number of likely N-dealkylation sites (N-methyl/N-ethyl adjacent to an activating group) is 1. The van der Waals surface area contributed by atoms with Crippen LogP contribution in [0.25, 0.3) is 0 Å². The smallest absolute Gasteiger partial charge is 0.325 e.